The fourth-order valence-electron chi connectivity index (χ4n) is 1.26. The number of ether oxygens (including phenoxy) is 1. The van der Waals surface area contributed by atoms with Gasteiger partial charge in [-0.25, -0.2) is 0 Å². The zero-order valence-corrected chi connectivity index (χ0v) is 8.00. The van der Waals surface area contributed by atoms with Crippen molar-refractivity contribution in [1.29, 1.82) is 0 Å². The van der Waals surface area contributed by atoms with E-state index in [0.717, 1.165) is 0 Å². The highest BCUT2D eigenvalue weighted by Crippen LogP contribution is 2.20. The van der Waals surface area contributed by atoms with Gasteiger partial charge in [0.2, 0.25) is 0 Å². The zero-order valence-electron chi connectivity index (χ0n) is 8.00. The summed E-state index contributed by atoms with van der Waals surface area (Å²) in [5, 5.41) is 11.5. The second-order valence-corrected chi connectivity index (χ2v) is 2.62. The standard InChI is InChI=1S/C8H18N2O2/c1-4-8(5-2,12-6-3)7(9)10-11/h11H,4-6H2,1-3H3,(H2,9,10). The molecule has 12 heavy (non-hydrogen) atoms. The van der Waals surface area contributed by atoms with Crippen LogP contribution in [0.4, 0.5) is 0 Å². The molecular formula is C8H18N2O2. The molecule has 0 atom stereocenters. The Bertz CT molecular complexity index is 153. The lowest BCUT2D eigenvalue weighted by Crippen LogP contribution is -2.45. The van der Waals surface area contributed by atoms with E-state index in [-0.39, 0.29) is 5.84 Å². The minimum absolute atomic E-state index is 0.161. The third-order valence-electron chi connectivity index (χ3n) is 2.14. The van der Waals surface area contributed by atoms with Crippen LogP contribution in [0, 0.1) is 0 Å². The predicted molar refractivity (Wildman–Crippen MR) is 48.3 cm³/mol. The van der Waals surface area contributed by atoms with E-state index >= 15 is 0 Å². The Morgan fingerprint density at radius 3 is 2.17 bits per heavy atom. The third-order valence-corrected chi connectivity index (χ3v) is 2.14. The molecule has 0 heterocycles. The van der Waals surface area contributed by atoms with Crippen molar-refractivity contribution in [3.8, 4) is 0 Å². The van der Waals surface area contributed by atoms with Crippen LogP contribution in [0.15, 0.2) is 5.16 Å². The van der Waals surface area contributed by atoms with E-state index < -0.39 is 5.60 Å². The second-order valence-electron chi connectivity index (χ2n) is 2.62. The summed E-state index contributed by atoms with van der Waals surface area (Å²) in [6, 6.07) is 0. The Balaban J connectivity index is 4.56. The summed E-state index contributed by atoms with van der Waals surface area (Å²) >= 11 is 0. The first-order chi connectivity index (χ1) is 5.66. The summed E-state index contributed by atoms with van der Waals surface area (Å²) in [6.45, 7) is 6.37. The Labute approximate surface area is 73.4 Å². The molecule has 0 aromatic heterocycles. The van der Waals surface area contributed by atoms with Crippen LogP contribution in [0.25, 0.3) is 0 Å². The lowest BCUT2D eigenvalue weighted by Gasteiger charge is -2.29. The highest BCUT2D eigenvalue weighted by atomic mass is 16.5. The predicted octanol–water partition coefficient (Wildman–Crippen LogP) is 1.33. The van der Waals surface area contributed by atoms with Gasteiger partial charge in [0.1, 0.15) is 5.60 Å². The summed E-state index contributed by atoms with van der Waals surface area (Å²) in [5.41, 5.74) is 4.95. The van der Waals surface area contributed by atoms with Crippen LogP contribution < -0.4 is 5.73 Å². The van der Waals surface area contributed by atoms with Gasteiger partial charge in [0, 0.05) is 6.61 Å². The van der Waals surface area contributed by atoms with E-state index in [0.29, 0.717) is 19.4 Å². The van der Waals surface area contributed by atoms with Gasteiger partial charge in [-0.2, -0.15) is 0 Å². The van der Waals surface area contributed by atoms with Gasteiger partial charge in [0.25, 0.3) is 0 Å². The molecule has 0 saturated carbocycles. The van der Waals surface area contributed by atoms with E-state index in [2.05, 4.69) is 5.16 Å². The van der Waals surface area contributed by atoms with Gasteiger partial charge in [-0.05, 0) is 19.8 Å². The highest BCUT2D eigenvalue weighted by Gasteiger charge is 2.31. The normalized spacial score (nSPS) is 13.4. The fourth-order valence-corrected chi connectivity index (χ4v) is 1.26. The molecule has 0 spiro atoms. The van der Waals surface area contributed by atoms with Crippen LogP contribution in [0.2, 0.25) is 0 Å². The fraction of sp³-hybridized carbons (Fsp3) is 0.875. The first-order valence-electron chi connectivity index (χ1n) is 4.28. The van der Waals surface area contributed by atoms with Crippen molar-refractivity contribution in [1.82, 2.24) is 0 Å². The number of rotatable bonds is 5. The van der Waals surface area contributed by atoms with Gasteiger partial charge in [-0.15, -0.1) is 0 Å². The van der Waals surface area contributed by atoms with E-state index in [1.54, 1.807) is 0 Å². The minimum Gasteiger partial charge on any atom is -0.409 e. The monoisotopic (exact) mass is 174 g/mol. The van der Waals surface area contributed by atoms with Crippen LogP contribution in [0.3, 0.4) is 0 Å². The average Bonchev–Trinajstić information content (AvgIpc) is 2.13. The van der Waals surface area contributed by atoms with Gasteiger partial charge in [0.15, 0.2) is 5.84 Å². The topological polar surface area (TPSA) is 67.8 Å². The Kier molecular flexibility index (Phi) is 4.66. The quantitative estimate of drug-likeness (QED) is 0.286. The van der Waals surface area contributed by atoms with Crippen LogP contribution >= 0.6 is 0 Å². The average molecular weight is 174 g/mol. The van der Waals surface area contributed by atoms with Crippen LogP contribution in [0.5, 0.6) is 0 Å². The number of hydrogen-bond acceptors (Lipinski definition) is 3. The molecule has 0 radical (unpaired) electrons. The summed E-state index contributed by atoms with van der Waals surface area (Å²) in [7, 11) is 0. The molecule has 0 rings (SSSR count). The second kappa shape index (κ2) is 4.98. The Morgan fingerprint density at radius 1 is 1.42 bits per heavy atom. The number of nitrogens with two attached hydrogens (primary N) is 1. The van der Waals surface area contributed by atoms with Gasteiger partial charge in [-0.3, -0.25) is 0 Å². The number of hydrogen-bond donors (Lipinski definition) is 2. The van der Waals surface area contributed by atoms with E-state index in [1.165, 1.54) is 0 Å². The largest absolute Gasteiger partial charge is 0.409 e. The summed E-state index contributed by atoms with van der Waals surface area (Å²) in [4.78, 5) is 0. The van der Waals surface area contributed by atoms with Crippen molar-refractivity contribution in [2.75, 3.05) is 6.61 Å². The van der Waals surface area contributed by atoms with E-state index in [4.69, 9.17) is 15.7 Å². The zero-order chi connectivity index (χ0) is 9.61. The SMILES string of the molecule is CCOC(CC)(CC)C(N)=NO. The van der Waals surface area contributed by atoms with Gasteiger partial charge >= 0.3 is 0 Å². The van der Waals surface area contributed by atoms with Crippen molar-refractivity contribution in [2.24, 2.45) is 10.9 Å². The molecule has 0 saturated heterocycles. The molecule has 0 aliphatic rings. The summed E-state index contributed by atoms with van der Waals surface area (Å²) in [5.74, 6) is 0.161. The maximum atomic E-state index is 8.54. The van der Waals surface area contributed by atoms with Gasteiger partial charge < -0.3 is 15.7 Å². The number of amidine groups is 1. The maximum Gasteiger partial charge on any atom is 0.171 e. The first-order valence-corrected chi connectivity index (χ1v) is 4.28. The van der Waals surface area contributed by atoms with E-state index in [9.17, 15) is 0 Å². The van der Waals surface area contributed by atoms with Crippen molar-refractivity contribution in [3.05, 3.63) is 0 Å². The van der Waals surface area contributed by atoms with Crippen LogP contribution in [0.1, 0.15) is 33.6 Å². The Morgan fingerprint density at radius 2 is 1.92 bits per heavy atom. The molecule has 0 aromatic rings. The van der Waals surface area contributed by atoms with Crippen molar-refractivity contribution < 1.29 is 9.94 Å². The van der Waals surface area contributed by atoms with Crippen molar-refractivity contribution >= 4 is 5.84 Å². The lowest BCUT2D eigenvalue weighted by atomic mass is 9.96. The molecule has 0 amide bonds. The molecule has 3 N–H and O–H groups in total. The Hall–Kier alpha value is -0.770. The molecule has 72 valence electrons. The summed E-state index contributed by atoms with van der Waals surface area (Å²) in [6.07, 6.45) is 1.43. The molecular weight excluding hydrogens is 156 g/mol. The third kappa shape index (κ3) is 2.11. The molecule has 0 unspecified atom stereocenters. The van der Waals surface area contributed by atoms with Gasteiger partial charge in [0.05, 0.1) is 0 Å². The summed E-state index contributed by atoms with van der Waals surface area (Å²) < 4.78 is 5.46. The minimum atomic E-state index is -0.580. The maximum absolute atomic E-state index is 8.54. The molecule has 4 nitrogen and oxygen atoms in total. The smallest absolute Gasteiger partial charge is 0.171 e. The lowest BCUT2D eigenvalue weighted by molar-refractivity contribution is 0.00653. The molecule has 4 heteroatoms. The molecule has 0 aliphatic carbocycles. The van der Waals surface area contributed by atoms with Crippen molar-refractivity contribution in [3.63, 3.8) is 0 Å². The first kappa shape index (κ1) is 11.2. The number of nitrogens with zero attached hydrogens (tertiary/aromatic N) is 1. The number of oxime groups is 1. The van der Waals surface area contributed by atoms with Crippen LogP contribution in [-0.2, 0) is 4.74 Å². The van der Waals surface area contributed by atoms with Crippen molar-refractivity contribution in [2.45, 2.75) is 39.2 Å². The molecule has 0 aromatic carbocycles. The van der Waals surface area contributed by atoms with E-state index in [1.807, 2.05) is 20.8 Å². The molecule has 0 aliphatic heterocycles. The molecule has 0 bridgehead atoms. The molecule has 0 fully saturated rings. The van der Waals surface area contributed by atoms with Gasteiger partial charge in [-0.1, -0.05) is 19.0 Å². The van der Waals surface area contributed by atoms with Crippen LogP contribution in [-0.4, -0.2) is 23.3 Å². The highest BCUT2D eigenvalue weighted by molar-refractivity contribution is 5.88.